The zero-order valence-corrected chi connectivity index (χ0v) is 25.1. The van der Waals surface area contributed by atoms with Gasteiger partial charge in [-0.25, -0.2) is 4.39 Å². The molecule has 2 rings (SSSR count). The second kappa shape index (κ2) is 15.4. The molecule has 1 aromatic rings. The molecule has 1 N–H and O–H groups in total. The van der Waals surface area contributed by atoms with E-state index in [2.05, 4.69) is 70.4 Å². The molecule has 1 aliphatic heterocycles. The number of allylic oxidation sites excluding steroid dienone is 3. The first kappa shape index (κ1) is 32.1. The van der Waals surface area contributed by atoms with Gasteiger partial charge in [0.2, 0.25) is 0 Å². The van der Waals surface area contributed by atoms with Crippen molar-refractivity contribution in [3.8, 4) is 0 Å². The van der Waals surface area contributed by atoms with E-state index >= 15 is 0 Å². The summed E-state index contributed by atoms with van der Waals surface area (Å²) in [6.45, 7) is 17.4. The fraction of sp³-hybridized carbons (Fsp3) is 0.581. The molecule has 0 spiro atoms. The predicted molar refractivity (Wildman–Crippen MR) is 157 cm³/mol. The number of halogens is 2. The molecule has 3 unspecified atom stereocenters. The number of ether oxygens (including phenoxy) is 1. The number of hydrogen-bond donors (Lipinski definition) is 1. The lowest BCUT2D eigenvalue weighted by Gasteiger charge is -2.45. The Kier molecular flexibility index (Phi) is 13.0. The minimum absolute atomic E-state index is 0.0368. The lowest BCUT2D eigenvalue weighted by Crippen LogP contribution is -2.54. The van der Waals surface area contributed by atoms with Crippen molar-refractivity contribution in [2.45, 2.75) is 84.8 Å². The van der Waals surface area contributed by atoms with Gasteiger partial charge in [-0.1, -0.05) is 37.1 Å². The Balaban J connectivity index is 2.11. The molecule has 0 aromatic heterocycles. The van der Waals surface area contributed by atoms with E-state index in [9.17, 15) is 9.18 Å². The smallest absolute Gasteiger partial charge is 0.251 e. The fourth-order valence-electron chi connectivity index (χ4n) is 5.17. The van der Waals surface area contributed by atoms with Gasteiger partial charge in [-0.3, -0.25) is 9.69 Å². The van der Waals surface area contributed by atoms with Gasteiger partial charge >= 0.3 is 0 Å². The molecule has 0 aliphatic carbocycles. The third kappa shape index (κ3) is 9.25. The molecule has 0 radical (unpaired) electrons. The molecule has 1 aliphatic rings. The zero-order valence-electron chi connectivity index (χ0n) is 24.4. The average molecular weight is 548 g/mol. The van der Waals surface area contributed by atoms with E-state index in [1.54, 1.807) is 0 Å². The maximum atomic E-state index is 13.5. The molecule has 212 valence electrons. The van der Waals surface area contributed by atoms with Crippen LogP contribution in [-0.2, 0) is 4.74 Å². The third-order valence-corrected chi connectivity index (χ3v) is 7.83. The van der Waals surface area contributed by atoms with Crippen molar-refractivity contribution >= 4 is 17.5 Å². The molecule has 0 saturated carbocycles. The van der Waals surface area contributed by atoms with Gasteiger partial charge in [-0.15, -0.1) is 0 Å². The van der Waals surface area contributed by atoms with Gasteiger partial charge in [-0.05, 0) is 103 Å². The first-order valence-corrected chi connectivity index (χ1v) is 14.1. The number of hydrogen-bond acceptors (Lipinski definition) is 4. The van der Waals surface area contributed by atoms with E-state index in [4.69, 9.17) is 16.3 Å². The molecular weight excluding hydrogens is 501 g/mol. The Morgan fingerprint density at radius 1 is 1.26 bits per heavy atom. The summed E-state index contributed by atoms with van der Waals surface area (Å²) < 4.78 is 19.6. The molecule has 0 bridgehead atoms. The van der Waals surface area contributed by atoms with Crippen LogP contribution in [0.15, 0.2) is 53.3 Å². The van der Waals surface area contributed by atoms with Gasteiger partial charge in [0.1, 0.15) is 11.6 Å². The SMILES string of the molecule is C=C/C(OCCCN(C)C)=C(C)\C(C)=C(/C)CN1C(C)CC(NC(=O)c2ccc(F)c(Cl)c2)CC1CCC. The van der Waals surface area contributed by atoms with E-state index in [0.29, 0.717) is 24.3 Å². The number of nitrogens with one attached hydrogen (secondary N) is 1. The van der Waals surface area contributed by atoms with Crippen LogP contribution in [0.25, 0.3) is 0 Å². The second-order valence-electron chi connectivity index (χ2n) is 10.8. The number of piperidine rings is 1. The standard InChI is InChI=1S/C31H47ClFN3O2/c1-9-12-27-19-26(34-31(37)25-13-14-29(33)28(32)18-25)17-22(4)36(27)20-21(3)23(5)24(6)30(10-2)38-16-11-15-35(7)8/h10,13-14,18,22,26-27H,2,9,11-12,15-17,19-20H2,1,3-8H3,(H,34,37)/b23-21+,30-24+. The maximum absolute atomic E-state index is 13.5. The lowest BCUT2D eigenvalue weighted by molar-refractivity contribution is 0.0681. The van der Waals surface area contributed by atoms with Gasteiger partial charge < -0.3 is 15.0 Å². The van der Waals surface area contributed by atoms with Gasteiger partial charge in [-0.2, -0.15) is 0 Å². The van der Waals surface area contributed by atoms with Crippen molar-refractivity contribution in [1.29, 1.82) is 0 Å². The van der Waals surface area contributed by atoms with Crippen molar-refractivity contribution in [2.75, 3.05) is 33.8 Å². The Morgan fingerprint density at radius 3 is 2.58 bits per heavy atom. The Bertz CT molecular complexity index is 1020. The molecule has 38 heavy (non-hydrogen) atoms. The highest BCUT2D eigenvalue weighted by Gasteiger charge is 2.34. The Morgan fingerprint density at radius 2 is 1.97 bits per heavy atom. The summed E-state index contributed by atoms with van der Waals surface area (Å²) in [4.78, 5) is 17.6. The Hall–Kier alpha value is -2.15. The highest BCUT2D eigenvalue weighted by molar-refractivity contribution is 6.31. The van der Waals surface area contributed by atoms with Crippen LogP contribution >= 0.6 is 11.6 Å². The summed E-state index contributed by atoms with van der Waals surface area (Å²) >= 11 is 5.89. The Labute approximate surface area is 234 Å². The molecular formula is C31H47ClFN3O2. The number of rotatable bonds is 13. The monoisotopic (exact) mass is 547 g/mol. The highest BCUT2D eigenvalue weighted by Crippen LogP contribution is 2.29. The van der Waals surface area contributed by atoms with E-state index in [0.717, 1.165) is 56.5 Å². The first-order valence-electron chi connectivity index (χ1n) is 13.8. The topological polar surface area (TPSA) is 44.8 Å². The van der Waals surface area contributed by atoms with Crippen molar-refractivity contribution in [3.63, 3.8) is 0 Å². The summed E-state index contributed by atoms with van der Waals surface area (Å²) in [6.07, 6.45) is 6.65. The normalized spacial score (nSPS) is 21.6. The van der Waals surface area contributed by atoms with E-state index < -0.39 is 5.82 Å². The van der Waals surface area contributed by atoms with Crippen LogP contribution in [0, 0.1) is 5.82 Å². The second-order valence-corrected chi connectivity index (χ2v) is 11.2. The number of carbonyl (C=O) groups is 1. The minimum atomic E-state index is -0.520. The van der Waals surface area contributed by atoms with Crippen molar-refractivity contribution < 1.29 is 13.9 Å². The van der Waals surface area contributed by atoms with Crippen LogP contribution in [-0.4, -0.2) is 67.6 Å². The van der Waals surface area contributed by atoms with Gasteiger partial charge in [0.25, 0.3) is 5.91 Å². The molecule has 1 heterocycles. The average Bonchev–Trinajstić information content (AvgIpc) is 2.86. The summed E-state index contributed by atoms with van der Waals surface area (Å²) in [7, 11) is 4.13. The number of nitrogens with zero attached hydrogens (tertiary/aromatic N) is 2. The summed E-state index contributed by atoms with van der Waals surface area (Å²) in [5.74, 6) is 0.122. The molecule has 1 saturated heterocycles. The molecule has 5 nitrogen and oxygen atoms in total. The van der Waals surface area contributed by atoms with Crippen LogP contribution in [0.4, 0.5) is 4.39 Å². The van der Waals surface area contributed by atoms with E-state index in [1.807, 2.05) is 6.08 Å². The summed E-state index contributed by atoms with van der Waals surface area (Å²) in [5.41, 5.74) is 4.06. The maximum Gasteiger partial charge on any atom is 0.251 e. The van der Waals surface area contributed by atoms with Gasteiger partial charge in [0.15, 0.2) is 0 Å². The molecule has 1 aromatic carbocycles. The lowest BCUT2D eigenvalue weighted by atomic mass is 9.88. The predicted octanol–water partition coefficient (Wildman–Crippen LogP) is 7.00. The molecule has 3 atom stereocenters. The largest absolute Gasteiger partial charge is 0.493 e. The fourth-order valence-corrected chi connectivity index (χ4v) is 5.35. The highest BCUT2D eigenvalue weighted by atomic mass is 35.5. The summed E-state index contributed by atoms with van der Waals surface area (Å²) in [6, 6.07) is 4.83. The quantitative estimate of drug-likeness (QED) is 0.164. The molecule has 1 fully saturated rings. The number of amides is 1. The van der Waals surface area contributed by atoms with Gasteiger partial charge in [0.05, 0.1) is 11.6 Å². The number of benzene rings is 1. The summed E-state index contributed by atoms with van der Waals surface area (Å²) in [5, 5.41) is 3.14. The van der Waals surface area contributed by atoms with E-state index in [-0.39, 0.29) is 17.0 Å². The first-order chi connectivity index (χ1) is 18.0. The van der Waals surface area contributed by atoms with Crippen LogP contribution in [0.2, 0.25) is 5.02 Å². The van der Waals surface area contributed by atoms with Crippen LogP contribution < -0.4 is 5.32 Å². The van der Waals surface area contributed by atoms with Crippen molar-refractivity contribution in [3.05, 3.63) is 69.7 Å². The number of carbonyl (C=O) groups excluding carboxylic acids is 1. The minimum Gasteiger partial charge on any atom is -0.493 e. The molecule has 7 heteroatoms. The number of likely N-dealkylation sites (tertiary alicyclic amines) is 1. The zero-order chi connectivity index (χ0) is 28.4. The van der Waals surface area contributed by atoms with Crippen LogP contribution in [0.5, 0.6) is 0 Å². The van der Waals surface area contributed by atoms with E-state index in [1.165, 1.54) is 29.3 Å². The van der Waals surface area contributed by atoms with Gasteiger partial charge in [0, 0.05) is 36.8 Å². The molecule has 1 amide bonds. The van der Waals surface area contributed by atoms with Crippen LogP contribution in [0.1, 0.15) is 77.1 Å². The third-order valence-electron chi connectivity index (χ3n) is 7.54. The van der Waals surface area contributed by atoms with Crippen molar-refractivity contribution in [2.24, 2.45) is 0 Å². The van der Waals surface area contributed by atoms with Crippen molar-refractivity contribution in [1.82, 2.24) is 15.1 Å². The van der Waals surface area contributed by atoms with Crippen LogP contribution in [0.3, 0.4) is 0 Å².